The van der Waals surface area contributed by atoms with Crippen molar-refractivity contribution < 1.29 is 13.2 Å². The molecule has 1 aliphatic rings. The molecule has 0 aromatic carbocycles. The van der Waals surface area contributed by atoms with E-state index in [1.165, 1.54) is 19.1 Å². The van der Waals surface area contributed by atoms with Gasteiger partial charge in [-0.25, -0.2) is 0 Å². The van der Waals surface area contributed by atoms with Crippen LogP contribution in [-0.2, 0) is 0 Å². The summed E-state index contributed by atoms with van der Waals surface area (Å²) in [6.07, 6.45) is -0.951. The summed E-state index contributed by atoms with van der Waals surface area (Å²) in [6.45, 7) is 1.20. The first-order valence-corrected chi connectivity index (χ1v) is 4.22. The minimum atomic E-state index is -4.43. The minimum absolute atomic E-state index is 0.0657. The van der Waals surface area contributed by atoms with Crippen molar-refractivity contribution in [2.45, 2.75) is 18.0 Å². The molecule has 0 aromatic rings. The maximum atomic E-state index is 12.5. The van der Waals surface area contributed by atoms with Gasteiger partial charge in [0.15, 0.2) is 0 Å². The zero-order chi connectivity index (χ0) is 11.0. The number of halogens is 4. The van der Waals surface area contributed by atoms with Crippen LogP contribution in [0.25, 0.3) is 0 Å². The van der Waals surface area contributed by atoms with Crippen molar-refractivity contribution in [3.8, 4) is 6.07 Å². The van der Waals surface area contributed by atoms with E-state index in [0.29, 0.717) is 0 Å². The third-order valence-electron chi connectivity index (χ3n) is 2.15. The van der Waals surface area contributed by atoms with E-state index in [9.17, 15) is 13.2 Å². The highest BCUT2D eigenvalue weighted by molar-refractivity contribution is 6.26. The Kier molecular flexibility index (Phi) is 2.64. The molecule has 2 unspecified atom stereocenters. The van der Waals surface area contributed by atoms with Gasteiger partial charge in [-0.3, -0.25) is 0 Å². The van der Waals surface area contributed by atoms with Crippen LogP contribution in [0.4, 0.5) is 13.2 Å². The fraction of sp³-hybridized carbons (Fsp3) is 0.444. The fourth-order valence-corrected chi connectivity index (χ4v) is 1.64. The summed E-state index contributed by atoms with van der Waals surface area (Å²) in [7, 11) is 0. The smallest absolute Gasteiger partial charge is 0.193 e. The van der Waals surface area contributed by atoms with Crippen molar-refractivity contribution in [3.63, 3.8) is 0 Å². The van der Waals surface area contributed by atoms with Gasteiger partial charge in [0, 0.05) is 0 Å². The van der Waals surface area contributed by atoms with Crippen molar-refractivity contribution in [2.24, 2.45) is 5.92 Å². The van der Waals surface area contributed by atoms with E-state index in [-0.39, 0.29) is 5.57 Å². The Morgan fingerprint density at radius 2 is 2.14 bits per heavy atom. The van der Waals surface area contributed by atoms with Crippen molar-refractivity contribution in [2.75, 3.05) is 0 Å². The van der Waals surface area contributed by atoms with Gasteiger partial charge in [0.2, 0.25) is 0 Å². The summed E-state index contributed by atoms with van der Waals surface area (Å²) < 4.78 is 37.4. The minimum Gasteiger partial charge on any atom is -0.193 e. The van der Waals surface area contributed by atoms with Gasteiger partial charge in [0.25, 0.3) is 0 Å². The molecule has 0 spiro atoms. The number of nitrogens with zero attached hydrogens (tertiary/aromatic N) is 1. The van der Waals surface area contributed by atoms with Gasteiger partial charge < -0.3 is 0 Å². The molecular weight excluding hydrogens is 215 g/mol. The molecule has 0 aliphatic heterocycles. The molecular formula is C9H7ClF3N. The van der Waals surface area contributed by atoms with Crippen molar-refractivity contribution >= 4 is 11.6 Å². The average Bonchev–Trinajstić information content (AvgIpc) is 2.00. The van der Waals surface area contributed by atoms with E-state index in [4.69, 9.17) is 16.9 Å². The topological polar surface area (TPSA) is 23.8 Å². The number of alkyl halides is 4. The van der Waals surface area contributed by atoms with E-state index in [1.807, 2.05) is 0 Å². The summed E-state index contributed by atoms with van der Waals surface area (Å²) in [6, 6.07) is 1.67. The first-order chi connectivity index (χ1) is 6.30. The highest BCUT2D eigenvalue weighted by Gasteiger charge is 2.51. The Labute approximate surface area is 84.5 Å². The van der Waals surface area contributed by atoms with Gasteiger partial charge in [-0.2, -0.15) is 18.4 Å². The van der Waals surface area contributed by atoms with Crippen molar-refractivity contribution in [3.05, 3.63) is 23.8 Å². The van der Waals surface area contributed by atoms with Crippen LogP contribution in [0.15, 0.2) is 23.8 Å². The van der Waals surface area contributed by atoms with Crippen molar-refractivity contribution in [1.29, 1.82) is 5.26 Å². The van der Waals surface area contributed by atoms with Crippen LogP contribution >= 0.6 is 11.6 Å². The van der Waals surface area contributed by atoms with Crippen LogP contribution < -0.4 is 0 Å². The third-order valence-corrected chi connectivity index (χ3v) is 2.59. The van der Waals surface area contributed by atoms with Crippen LogP contribution in [0.1, 0.15) is 6.92 Å². The number of nitriles is 1. The molecule has 14 heavy (non-hydrogen) atoms. The van der Waals surface area contributed by atoms with Crippen molar-refractivity contribution in [1.82, 2.24) is 0 Å². The lowest BCUT2D eigenvalue weighted by atomic mass is 9.83. The van der Waals surface area contributed by atoms with E-state index in [2.05, 4.69) is 0 Å². The maximum absolute atomic E-state index is 12.5. The lowest BCUT2D eigenvalue weighted by molar-refractivity contribution is -0.166. The molecule has 1 aliphatic carbocycles. The fourth-order valence-electron chi connectivity index (χ4n) is 1.34. The highest BCUT2D eigenvalue weighted by atomic mass is 35.5. The number of rotatable bonds is 0. The molecule has 1 rings (SSSR count). The van der Waals surface area contributed by atoms with Crippen LogP contribution in [0.5, 0.6) is 0 Å². The maximum Gasteiger partial charge on any atom is 0.397 e. The zero-order valence-corrected chi connectivity index (χ0v) is 8.02. The van der Waals surface area contributed by atoms with Gasteiger partial charge in [-0.15, -0.1) is 11.6 Å². The van der Waals surface area contributed by atoms with E-state index < -0.39 is 17.0 Å². The monoisotopic (exact) mass is 221 g/mol. The molecule has 0 amide bonds. The Morgan fingerprint density at radius 1 is 1.57 bits per heavy atom. The molecule has 0 saturated heterocycles. The predicted octanol–water partition coefficient (Wildman–Crippen LogP) is 3.18. The average molecular weight is 222 g/mol. The molecule has 0 saturated carbocycles. The van der Waals surface area contributed by atoms with Crippen LogP contribution in [-0.4, -0.2) is 11.1 Å². The van der Waals surface area contributed by atoms with Crippen LogP contribution in [0.2, 0.25) is 0 Å². The van der Waals surface area contributed by atoms with Crippen LogP contribution in [0, 0.1) is 17.2 Å². The zero-order valence-electron chi connectivity index (χ0n) is 7.27. The Morgan fingerprint density at radius 3 is 2.57 bits per heavy atom. The first-order valence-electron chi connectivity index (χ1n) is 3.85. The van der Waals surface area contributed by atoms with Gasteiger partial charge in [-0.05, 0) is 13.0 Å². The van der Waals surface area contributed by atoms with E-state index >= 15 is 0 Å². The second-order valence-electron chi connectivity index (χ2n) is 3.17. The molecule has 76 valence electrons. The van der Waals surface area contributed by atoms with E-state index in [1.54, 1.807) is 6.07 Å². The molecule has 0 heterocycles. The molecule has 2 atom stereocenters. The third kappa shape index (κ3) is 1.78. The molecule has 0 fully saturated rings. The van der Waals surface area contributed by atoms with E-state index in [0.717, 1.165) is 6.08 Å². The Bertz CT molecular complexity index is 333. The quantitative estimate of drug-likeness (QED) is 0.577. The second kappa shape index (κ2) is 3.32. The number of hydrogen-bond acceptors (Lipinski definition) is 1. The molecule has 5 heteroatoms. The van der Waals surface area contributed by atoms with Gasteiger partial charge in [-0.1, -0.05) is 12.2 Å². The van der Waals surface area contributed by atoms with Crippen LogP contribution in [0.3, 0.4) is 0 Å². The lowest BCUT2D eigenvalue weighted by Gasteiger charge is -2.32. The summed E-state index contributed by atoms with van der Waals surface area (Å²) in [5.74, 6) is -1.81. The normalized spacial score (nSPS) is 32.3. The summed E-state index contributed by atoms with van der Waals surface area (Å²) in [4.78, 5) is -1.69. The molecule has 0 radical (unpaired) electrons. The highest BCUT2D eigenvalue weighted by Crippen LogP contribution is 2.45. The lowest BCUT2D eigenvalue weighted by Crippen LogP contribution is -2.40. The predicted molar refractivity (Wildman–Crippen MR) is 46.6 cm³/mol. The largest absolute Gasteiger partial charge is 0.397 e. The molecule has 1 nitrogen and oxygen atoms in total. The number of allylic oxidation sites excluding steroid dienone is 4. The molecule has 0 bridgehead atoms. The Hall–Kier alpha value is -0.950. The van der Waals surface area contributed by atoms with Gasteiger partial charge in [0.1, 0.15) is 0 Å². The standard InChI is InChI=1S/C9H7ClF3N/c1-8(10)6(5-14)3-2-4-7(8)9(11,12)13/h2-4,7H,1H3. The summed E-state index contributed by atoms with van der Waals surface area (Å²) in [5.41, 5.74) is -0.0657. The van der Waals surface area contributed by atoms with Gasteiger partial charge >= 0.3 is 6.18 Å². The SMILES string of the molecule is CC1(Cl)C(C#N)=CC=CC1C(F)(F)F. The summed E-state index contributed by atoms with van der Waals surface area (Å²) >= 11 is 5.73. The Balaban J connectivity index is 3.12. The first kappa shape index (κ1) is 11.1. The number of hydrogen-bond donors (Lipinski definition) is 0. The van der Waals surface area contributed by atoms with Gasteiger partial charge in [0.05, 0.1) is 22.4 Å². The molecule has 0 N–H and O–H groups in total. The molecule has 0 aromatic heterocycles. The second-order valence-corrected chi connectivity index (χ2v) is 3.96. The summed E-state index contributed by atoms with van der Waals surface area (Å²) in [5, 5.41) is 8.61.